The minimum Gasteiger partial charge on any atom is -0.309 e. The van der Waals surface area contributed by atoms with Crippen LogP contribution >= 0.6 is 0 Å². The van der Waals surface area contributed by atoms with Crippen LogP contribution in [0.5, 0.6) is 0 Å². The van der Waals surface area contributed by atoms with Gasteiger partial charge in [-0.3, -0.25) is 0 Å². The predicted molar refractivity (Wildman–Crippen MR) is 634 cm³/mol. The quantitative estimate of drug-likeness (QED) is 0.0979. The number of aromatic nitrogens is 6. The Balaban J connectivity index is 0.000000108. The SMILES string of the molecule is c1ccc(-c2ccc(-c3ccc(-n4c5ccccc5c5cc(-c6ccc7c(c6)c6ccccc6n7-c6ccccc6)ccc54)cc3)cc2)cc1.c1ccc(-c2ccc(-n3c4ccccc4c4cc(-c5ccc6c(c5)c5ccccc5n6-c5cccc(-c6ccccc6)c5)ccc43)cc2)cc1.c1ccc(-c2cccc(-n3c4ccccc4c4cc(-c5ccc6c(c5)c5ccccc5n6-c5cccc(-c6ccccc6)c5)ccc43)c2)cc1. The first-order valence-corrected chi connectivity index (χ1v) is 51.6. The molecular weight excluding hydrogens is 1810 g/mol. The summed E-state index contributed by atoms with van der Waals surface area (Å²) in [5.74, 6) is 0. The minimum atomic E-state index is 1.16. The zero-order chi connectivity index (χ0) is 99.1. The Kier molecular flexibility index (Phi) is 21.9. The Morgan fingerprint density at radius 2 is 0.207 bits per heavy atom. The lowest BCUT2D eigenvalue weighted by Crippen LogP contribution is -1.94. The molecule has 0 fully saturated rings. The number of rotatable bonds is 15. The highest BCUT2D eigenvalue weighted by atomic mass is 15.0. The molecule has 0 N–H and O–H groups in total. The number of benzene rings is 24. The molecule has 30 rings (SSSR count). The van der Waals surface area contributed by atoms with Gasteiger partial charge in [0.1, 0.15) is 0 Å². The third-order valence-electron chi connectivity index (χ3n) is 30.4. The summed E-state index contributed by atoms with van der Waals surface area (Å²) < 4.78 is 14.4. The van der Waals surface area contributed by atoms with Gasteiger partial charge in [-0.05, 0) is 282 Å². The van der Waals surface area contributed by atoms with E-state index >= 15 is 0 Å². The van der Waals surface area contributed by atoms with Crippen molar-refractivity contribution < 1.29 is 0 Å². The largest absolute Gasteiger partial charge is 0.309 e. The second-order valence-electron chi connectivity index (χ2n) is 39.0. The molecule has 0 aliphatic carbocycles. The van der Waals surface area contributed by atoms with E-state index in [1.807, 2.05) is 0 Å². The maximum Gasteiger partial charge on any atom is 0.0541 e. The van der Waals surface area contributed by atoms with Gasteiger partial charge in [0.25, 0.3) is 0 Å². The number of fused-ring (bicyclic) bond motifs is 18. The van der Waals surface area contributed by atoms with Gasteiger partial charge in [0.2, 0.25) is 0 Å². The van der Waals surface area contributed by atoms with Crippen molar-refractivity contribution in [1.82, 2.24) is 27.4 Å². The second kappa shape index (κ2) is 37.4. The van der Waals surface area contributed by atoms with Crippen LogP contribution in [-0.4, -0.2) is 27.4 Å². The zero-order valence-electron chi connectivity index (χ0n) is 82.1. The van der Waals surface area contributed by atoms with Crippen molar-refractivity contribution >= 4 is 131 Å². The Labute approximate surface area is 868 Å². The highest BCUT2D eigenvalue weighted by molar-refractivity contribution is 6.17. The minimum absolute atomic E-state index is 1.16. The van der Waals surface area contributed by atoms with Crippen LogP contribution in [-0.2, 0) is 0 Å². The first-order chi connectivity index (χ1) is 74.4. The molecule has 6 heteroatoms. The average Bonchev–Trinajstić information content (AvgIpc) is 1.58. The number of hydrogen-bond donors (Lipinski definition) is 0. The molecule has 0 saturated carbocycles. The lowest BCUT2D eigenvalue weighted by atomic mass is 10.00. The molecule has 0 radical (unpaired) electrons. The van der Waals surface area contributed by atoms with E-state index in [0.717, 1.165) is 28.4 Å². The summed E-state index contributed by atoms with van der Waals surface area (Å²) in [6.07, 6.45) is 0. The van der Waals surface area contributed by atoms with Crippen molar-refractivity contribution in [2.24, 2.45) is 0 Å². The van der Waals surface area contributed by atoms with Crippen molar-refractivity contribution in [1.29, 1.82) is 0 Å². The van der Waals surface area contributed by atoms with Crippen LogP contribution in [0, 0.1) is 0 Å². The fourth-order valence-corrected chi connectivity index (χ4v) is 23.2. The molecule has 0 atom stereocenters. The van der Waals surface area contributed by atoms with Crippen molar-refractivity contribution in [3.05, 3.63) is 582 Å². The van der Waals surface area contributed by atoms with Gasteiger partial charge in [-0.15, -0.1) is 0 Å². The standard InChI is InChI=1S/3C48H32N2/c1-3-13-33(14-4-1)35-17-11-19-39(29-35)49-45-23-9-7-21-41(45)43-31-37(25-27-47(43)49)38-26-28-48-44(32-38)42-22-8-10-24-46(42)50(48)40-20-12-18-36(30-40)34-15-5-2-6-16-34;1-3-12-33(13-4-1)35-22-26-39(27-23-35)49-45-20-9-7-18-41(45)43-31-37(24-28-47(43)49)38-25-29-48-44(32-38)42-19-8-10-21-46(42)50(48)40-17-11-16-36(30-40)34-14-5-2-6-15-34;1-3-11-33(12-4-1)34-19-21-35(22-20-34)36-23-27-40(28-24-36)50-46-18-10-8-16-42(46)44-32-38(26-30-48(44)50)37-25-29-47-43(31-37)41-15-7-9-17-45(41)49(47)39-13-5-2-6-14-39/h3*1-32H. The summed E-state index contributed by atoms with van der Waals surface area (Å²) in [6.45, 7) is 0. The Morgan fingerprint density at radius 1 is 0.0733 bits per heavy atom. The molecule has 24 aromatic carbocycles. The highest BCUT2D eigenvalue weighted by Crippen LogP contribution is 2.46. The van der Waals surface area contributed by atoms with Gasteiger partial charge in [0, 0.05) is 98.8 Å². The molecule has 6 nitrogen and oxygen atoms in total. The second-order valence-corrected chi connectivity index (χ2v) is 39.0. The molecule has 702 valence electrons. The summed E-state index contributed by atoms with van der Waals surface area (Å²) in [6, 6.07) is 211. The summed E-state index contributed by atoms with van der Waals surface area (Å²) in [5, 5.41) is 15.1. The van der Waals surface area contributed by atoms with Crippen LogP contribution in [0.15, 0.2) is 582 Å². The number of para-hydroxylation sites is 7. The van der Waals surface area contributed by atoms with Gasteiger partial charge in [-0.1, -0.05) is 400 Å². The topological polar surface area (TPSA) is 29.6 Å². The Hall–Kier alpha value is -19.9. The van der Waals surface area contributed by atoms with Crippen LogP contribution in [0.4, 0.5) is 0 Å². The normalized spacial score (nSPS) is 11.6. The van der Waals surface area contributed by atoms with Crippen LogP contribution in [0.2, 0.25) is 0 Å². The summed E-state index contributed by atoms with van der Waals surface area (Å²) in [7, 11) is 0. The average molecular weight is 1910 g/mol. The van der Waals surface area contributed by atoms with Gasteiger partial charge in [0.05, 0.1) is 66.2 Å². The number of nitrogens with zero attached hydrogens (tertiary/aromatic N) is 6. The van der Waals surface area contributed by atoms with E-state index in [0.29, 0.717) is 0 Å². The number of hydrogen-bond acceptors (Lipinski definition) is 0. The molecule has 6 aromatic heterocycles. The molecule has 0 aliphatic heterocycles. The fraction of sp³-hybridized carbons (Fsp3) is 0. The smallest absolute Gasteiger partial charge is 0.0541 e. The molecule has 30 aromatic rings. The molecule has 0 bridgehead atoms. The lowest BCUT2D eigenvalue weighted by Gasteiger charge is -2.11. The van der Waals surface area contributed by atoms with Crippen LogP contribution in [0.1, 0.15) is 0 Å². The maximum atomic E-state index is 2.40. The molecular formula is C144H96N6. The van der Waals surface area contributed by atoms with Gasteiger partial charge >= 0.3 is 0 Å². The fourth-order valence-electron chi connectivity index (χ4n) is 23.2. The van der Waals surface area contributed by atoms with Crippen molar-refractivity contribution in [2.75, 3.05) is 0 Å². The summed E-state index contributed by atoms with van der Waals surface area (Å²) in [4.78, 5) is 0. The zero-order valence-corrected chi connectivity index (χ0v) is 82.1. The molecule has 150 heavy (non-hydrogen) atoms. The van der Waals surface area contributed by atoms with Crippen LogP contribution in [0.25, 0.3) is 265 Å². The van der Waals surface area contributed by atoms with E-state index in [1.165, 1.54) is 237 Å². The summed E-state index contributed by atoms with van der Waals surface area (Å²) >= 11 is 0. The Morgan fingerprint density at radius 3 is 0.427 bits per heavy atom. The lowest BCUT2D eigenvalue weighted by molar-refractivity contribution is 1.18. The maximum absolute atomic E-state index is 2.40. The van der Waals surface area contributed by atoms with E-state index in [9.17, 15) is 0 Å². The van der Waals surface area contributed by atoms with Crippen molar-refractivity contribution in [3.8, 4) is 134 Å². The van der Waals surface area contributed by atoms with Crippen LogP contribution < -0.4 is 0 Å². The van der Waals surface area contributed by atoms with Crippen molar-refractivity contribution in [3.63, 3.8) is 0 Å². The highest BCUT2D eigenvalue weighted by Gasteiger charge is 2.24. The predicted octanol–water partition coefficient (Wildman–Crippen LogP) is 38.6. The van der Waals surface area contributed by atoms with E-state index in [1.54, 1.807) is 0 Å². The van der Waals surface area contributed by atoms with E-state index in [-0.39, 0.29) is 0 Å². The van der Waals surface area contributed by atoms with Crippen molar-refractivity contribution in [2.45, 2.75) is 0 Å². The van der Waals surface area contributed by atoms with Gasteiger partial charge in [-0.25, -0.2) is 0 Å². The Bertz CT molecular complexity index is 10200. The van der Waals surface area contributed by atoms with E-state index in [4.69, 9.17) is 0 Å². The molecule has 0 spiro atoms. The van der Waals surface area contributed by atoms with Gasteiger partial charge in [0.15, 0.2) is 0 Å². The van der Waals surface area contributed by atoms with E-state index < -0.39 is 0 Å². The first-order valence-electron chi connectivity index (χ1n) is 51.6. The van der Waals surface area contributed by atoms with Crippen LogP contribution in [0.3, 0.4) is 0 Å². The third-order valence-corrected chi connectivity index (χ3v) is 30.4. The molecule has 0 aliphatic rings. The first kappa shape index (κ1) is 87.8. The van der Waals surface area contributed by atoms with E-state index in [2.05, 4.69) is 610 Å². The van der Waals surface area contributed by atoms with Gasteiger partial charge < -0.3 is 27.4 Å². The monoisotopic (exact) mass is 1910 g/mol. The molecule has 0 unspecified atom stereocenters. The molecule has 0 saturated heterocycles. The third kappa shape index (κ3) is 15.6. The summed E-state index contributed by atoms with van der Waals surface area (Å²) in [5.41, 5.74) is 43.4. The molecule has 6 heterocycles. The molecule has 0 amide bonds. The van der Waals surface area contributed by atoms with Gasteiger partial charge in [-0.2, -0.15) is 0 Å².